The fourth-order valence-corrected chi connectivity index (χ4v) is 2.86. The molecule has 2 unspecified atom stereocenters. The van der Waals surface area contributed by atoms with E-state index >= 15 is 0 Å². The molecule has 18 heavy (non-hydrogen) atoms. The standard InChI is InChI=1S/C13H28N4O/c1-11(2)16-5-6-18-13(9-16)10-17-4-3-15-8-12(17)7-14/h11-13,15H,3-10,14H2,1-2H3. The van der Waals surface area contributed by atoms with Crippen LogP contribution in [0.5, 0.6) is 0 Å². The number of nitrogens with one attached hydrogen (secondary N) is 1. The van der Waals surface area contributed by atoms with E-state index in [4.69, 9.17) is 10.5 Å². The first-order valence-electron chi connectivity index (χ1n) is 7.21. The first-order valence-corrected chi connectivity index (χ1v) is 7.21. The molecule has 0 aromatic carbocycles. The molecule has 0 amide bonds. The predicted octanol–water partition coefficient (Wildman–Crippen LogP) is -0.672. The van der Waals surface area contributed by atoms with Crippen molar-refractivity contribution in [3.63, 3.8) is 0 Å². The molecule has 0 bridgehead atoms. The molecular weight excluding hydrogens is 228 g/mol. The fraction of sp³-hybridized carbons (Fsp3) is 1.00. The van der Waals surface area contributed by atoms with Gasteiger partial charge >= 0.3 is 0 Å². The van der Waals surface area contributed by atoms with E-state index in [1.54, 1.807) is 0 Å². The highest BCUT2D eigenvalue weighted by atomic mass is 16.5. The Kier molecular flexibility index (Phi) is 5.38. The molecule has 0 spiro atoms. The molecule has 5 heteroatoms. The van der Waals surface area contributed by atoms with Crippen molar-refractivity contribution in [1.82, 2.24) is 15.1 Å². The minimum absolute atomic E-state index is 0.341. The zero-order valence-electron chi connectivity index (χ0n) is 11.8. The molecule has 0 radical (unpaired) electrons. The van der Waals surface area contributed by atoms with E-state index < -0.39 is 0 Å². The molecule has 2 aliphatic rings. The molecule has 2 atom stereocenters. The average molecular weight is 256 g/mol. The molecular formula is C13H28N4O. The second-order valence-electron chi connectivity index (χ2n) is 5.67. The fourth-order valence-electron chi connectivity index (χ4n) is 2.86. The number of morpholine rings is 1. The van der Waals surface area contributed by atoms with Crippen LogP contribution in [0.2, 0.25) is 0 Å². The van der Waals surface area contributed by atoms with Crippen LogP contribution in [0.3, 0.4) is 0 Å². The van der Waals surface area contributed by atoms with E-state index in [9.17, 15) is 0 Å². The number of hydrogen-bond donors (Lipinski definition) is 2. The van der Waals surface area contributed by atoms with Crippen LogP contribution in [0.25, 0.3) is 0 Å². The lowest BCUT2D eigenvalue weighted by Crippen LogP contribution is -2.58. The topological polar surface area (TPSA) is 53.8 Å². The summed E-state index contributed by atoms with van der Waals surface area (Å²) in [6, 6.07) is 1.08. The molecule has 2 saturated heterocycles. The summed E-state index contributed by atoms with van der Waals surface area (Å²) in [4.78, 5) is 5.00. The van der Waals surface area contributed by atoms with Crippen molar-refractivity contribution >= 4 is 0 Å². The zero-order valence-corrected chi connectivity index (χ0v) is 11.8. The Balaban J connectivity index is 1.84. The Hall–Kier alpha value is -0.200. The third-order valence-electron chi connectivity index (χ3n) is 4.08. The molecule has 0 aromatic rings. The van der Waals surface area contributed by atoms with Gasteiger partial charge in [0.1, 0.15) is 0 Å². The van der Waals surface area contributed by atoms with Crippen LogP contribution in [0.15, 0.2) is 0 Å². The minimum Gasteiger partial charge on any atom is -0.374 e. The molecule has 2 rings (SSSR count). The van der Waals surface area contributed by atoms with Gasteiger partial charge in [-0.15, -0.1) is 0 Å². The number of hydrogen-bond acceptors (Lipinski definition) is 5. The first kappa shape index (κ1) is 14.2. The van der Waals surface area contributed by atoms with E-state index in [2.05, 4.69) is 29.0 Å². The van der Waals surface area contributed by atoms with Crippen LogP contribution in [-0.4, -0.2) is 80.4 Å². The number of nitrogens with two attached hydrogens (primary N) is 1. The molecule has 0 aliphatic carbocycles. The smallest absolute Gasteiger partial charge is 0.0829 e. The number of ether oxygens (including phenoxy) is 1. The van der Waals surface area contributed by atoms with E-state index in [-0.39, 0.29) is 0 Å². The van der Waals surface area contributed by atoms with E-state index in [0.29, 0.717) is 18.2 Å². The number of nitrogens with zero attached hydrogens (tertiary/aromatic N) is 2. The van der Waals surface area contributed by atoms with E-state index in [1.165, 1.54) is 0 Å². The van der Waals surface area contributed by atoms with Gasteiger partial charge in [0, 0.05) is 57.9 Å². The maximum Gasteiger partial charge on any atom is 0.0829 e. The summed E-state index contributed by atoms with van der Waals surface area (Å²) in [5, 5.41) is 3.41. The van der Waals surface area contributed by atoms with Gasteiger partial charge in [0.15, 0.2) is 0 Å². The van der Waals surface area contributed by atoms with Crippen molar-refractivity contribution in [3.8, 4) is 0 Å². The van der Waals surface area contributed by atoms with Crippen LogP contribution in [0.1, 0.15) is 13.8 Å². The molecule has 106 valence electrons. The Bertz CT molecular complexity index is 249. The lowest BCUT2D eigenvalue weighted by Gasteiger charge is -2.41. The summed E-state index contributed by atoms with van der Waals surface area (Å²) < 4.78 is 5.91. The first-order chi connectivity index (χ1) is 8.70. The zero-order chi connectivity index (χ0) is 13.0. The van der Waals surface area contributed by atoms with Crippen molar-refractivity contribution in [2.75, 3.05) is 52.4 Å². The molecule has 2 heterocycles. The predicted molar refractivity (Wildman–Crippen MR) is 73.7 cm³/mol. The maximum absolute atomic E-state index is 5.91. The van der Waals surface area contributed by atoms with Crippen LogP contribution < -0.4 is 11.1 Å². The largest absolute Gasteiger partial charge is 0.374 e. The quantitative estimate of drug-likeness (QED) is 0.699. The number of piperazine rings is 1. The highest BCUT2D eigenvalue weighted by Gasteiger charge is 2.28. The SMILES string of the molecule is CC(C)N1CCOC(CN2CCNCC2CN)C1. The van der Waals surface area contributed by atoms with Gasteiger partial charge in [-0.25, -0.2) is 0 Å². The normalized spacial score (nSPS) is 32.0. The van der Waals surface area contributed by atoms with Crippen LogP contribution in [0, 0.1) is 0 Å². The number of rotatable bonds is 4. The summed E-state index contributed by atoms with van der Waals surface area (Å²) in [5.74, 6) is 0. The lowest BCUT2D eigenvalue weighted by atomic mass is 10.1. The van der Waals surface area contributed by atoms with Gasteiger partial charge < -0.3 is 15.8 Å². The summed E-state index contributed by atoms with van der Waals surface area (Å²) >= 11 is 0. The molecule has 2 fully saturated rings. The average Bonchev–Trinajstić information content (AvgIpc) is 2.39. The second kappa shape index (κ2) is 6.82. The van der Waals surface area contributed by atoms with Gasteiger partial charge in [-0.1, -0.05) is 0 Å². The van der Waals surface area contributed by atoms with Crippen molar-refractivity contribution < 1.29 is 4.74 Å². The summed E-state index contributed by atoms with van der Waals surface area (Å²) in [6.07, 6.45) is 0.341. The maximum atomic E-state index is 5.91. The Morgan fingerprint density at radius 2 is 2.22 bits per heavy atom. The Labute approximate surface area is 111 Å². The van der Waals surface area contributed by atoms with Gasteiger partial charge in [0.25, 0.3) is 0 Å². The molecule has 0 aromatic heterocycles. The van der Waals surface area contributed by atoms with Gasteiger partial charge in [0.2, 0.25) is 0 Å². The van der Waals surface area contributed by atoms with Gasteiger partial charge in [-0.2, -0.15) is 0 Å². The van der Waals surface area contributed by atoms with E-state index in [0.717, 1.165) is 52.4 Å². The monoisotopic (exact) mass is 256 g/mol. The summed E-state index contributed by atoms with van der Waals surface area (Å²) in [6.45, 7) is 12.4. The third-order valence-corrected chi connectivity index (χ3v) is 4.08. The van der Waals surface area contributed by atoms with E-state index in [1.807, 2.05) is 0 Å². The Morgan fingerprint density at radius 3 is 2.94 bits per heavy atom. The van der Waals surface area contributed by atoms with Crippen molar-refractivity contribution in [1.29, 1.82) is 0 Å². The second-order valence-corrected chi connectivity index (χ2v) is 5.67. The Morgan fingerprint density at radius 1 is 1.39 bits per heavy atom. The van der Waals surface area contributed by atoms with Crippen molar-refractivity contribution in [3.05, 3.63) is 0 Å². The third kappa shape index (κ3) is 3.65. The van der Waals surface area contributed by atoms with Gasteiger partial charge in [0.05, 0.1) is 12.7 Å². The van der Waals surface area contributed by atoms with Crippen molar-refractivity contribution in [2.24, 2.45) is 5.73 Å². The van der Waals surface area contributed by atoms with Crippen molar-refractivity contribution in [2.45, 2.75) is 32.0 Å². The highest BCUT2D eigenvalue weighted by molar-refractivity contribution is 4.84. The van der Waals surface area contributed by atoms with Gasteiger partial charge in [-0.05, 0) is 13.8 Å². The van der Waals surface area contributed by atoms with Crippen LogP contribution in [0.4, 0.5) is 0 Å². The highest BCUT2D eigenvalue weighted by Crippen LogP contribution is 2.12. The van der Waals surface area contributed by atoms with Crippen LogP contribution in [-0.2, 0) is 4.74 Å². The summed E-state index contributed by atoms with van der Waals surface area (Å²) in [7, 11) is 0. The summed E-state index contributed by atoms with van der Waals surface area (Å²) in [5.41, 5.74) is 5.84. The molecule has 2 aliphatic heterocycles. The molecule has 3 N–H and O–H groups in total. The minimum atomic E-state index is 0.341. The molecule has 5 nitrogen and oxygen atoms in total. The van der Waals surface area contributed by atoms with Gasteiger partial charge in [-0.3, -0.25) is 9.80 Å². The molecule has 0 saturated carbocycles. The lowest BCUT2D eigenvalue weighted by molar-refractivity contribution is -0.0582. The van der Waals surface area contributed by atoms with Crippen LogP contribution >= 0.6 is 0 Å².